The fourth-order valence-electron chi connectivity index (χ4n) is 2.77. The van der Waals surface area contributed by atoms with Gasteiger partial charge in [-0.3, -0.25) is 0 Å². The van der Waals surface area contributed by atoms with Gasteiger partial charge in [0.05, 0.1) is 6.10 Å². The number of hydrogen-bond acceptors (Lipinski definition) is 3. The minimum absolute atomic E-state index is 0.422. The minimum atomic E-state index is -0.422. The maximum Gasteiger partial charge on any atom is 0.0782 e. The monoisotopic (exact) mass is 326 g/mol. The number of aliphatic hydroxyl groups is 1. The molecule has 3 nitrogen and oxygen atoms in total. The van der Waals surface area contributed by atoms with Gasteiger partial charge in [0.15, 0.2) is 0 Å². The van der Waals surface area contributed by atoms with Gasteiger partial charge >= 0.3 is 0 Å². The van der Waals surface area contributed by atoms with E-state index in [2.05, 4.69) is 45.9 Å². The van der Waals surface area contributed by atoms with Crippen molar-refractivity contribution in [2.24, 2.45) is 0 Å². The molecule has 0 bridgehead atoms. The Morgan fingerprint density at radius 3 is 2.47 bits per heavy atom. The largest absolute Gasteiger partial charge is 0.389 e. The van der Waals surface area contributed by atoms with Crippen molar-refractivity contribution in [3.8, 4) is 0 Å². The molecule has 0 aliphatic carbocycles. The molecule has 1 aromatic rings. The quantitative estimate of drug-likeness (QED) is 0.924. The number of aliphatic hydroxyl groups excluding tert-OH is 1. The Labute approximate surface area is 124 Å². The summed E-state index contributed by atoms with van der Waals surface area (Å²) in [7, 11) is 4.31. The van der Waals surface area contributed by atoms with Crippen LogP contribution in [0.4, 0.5) is 5.69 Å². The van der Waals surface area contributed by atoms with Crippen LogP contribution < -0.4 is 4.90 Å². The molecular weight excluding hydrogens is 304 g/mol. The molecule has 106 valence electrons. The third-order valence-electron chi connectivity index (χ3n) is 3.98. The topological polar surface area (TPSA) is 26.7 Å². The molecule has 0 radical (unpaired) electrons. The first-order valence-corrected chi connectivity index (χ1v) is 7.67. The molecule has 1 heterocycles. The summed E-state index contributed by atoms with van der Waals surface area (Å²) in [6.45, 7) is 3.94. The number of piperidine rings is 1. The summed E-state index contributed by atoms with van der Waals surface area (Å²) in [5, 5.41) is 9.92. The van der Waals surface area contributed by atoms with Gasteiger partial charge in [0.25, 0.3) is 0 Å². The summed E-state index contributed by atoms with van der Waals surface area (Å²) in [4.78, 5) is 4.71. The van der Waals surface area contributed by atoms with Crippen molar-refractivity contribution in [3.63, 3.8) is 0 Å². The molecule has 1 aliphatic heterocycles. The van der Waals surface area contributed by atoms with Crippen LogP contribution in [-0.2, 0) is 0 Å². The Hall–Kier alpha value is -0.580. The van der Waals surface area contributed by atoms with Crippen LogP contribution in [0.3, 0.4) is 0 Å². The summed E-state index contributed by atoms with van der Waals surface area (Å²) < 4.78 is 1.07. The number of halogens is 1. The molecule has 0 amide bonds. The van der Waals surface area contributed by atoms with E-state index in [9.17, 15) is 5.11 Å². The van der Waals surface area contributed by atoms with Crippen molar-refractivity contribution in [3.05, 3.63) is 28.2 Å². The molecule has 1 fully saturated rings. The second-order valence-corrected chi connectivity index (χ2v) is 6.48. The lowest BCUT2D eigenvalue weighted by Gasteiger charge is -2.37. The van der Waals surface area contributed by atoms with Crippen LogP contribution in [0.15, 0.2) is 22.7 Å². The minimum Gasteiger partial charge on any atom is -0.389 e. The van der Waals surface area contributed by atoms with Crippen LogP contribution in [0.2, 0.25) is 0 Å². The van der Waals surface area contributed by atoms with Crippen LogP contribution in [-0.4, -0.2) is 43.2 Å². The average Bonchev–Trinajstić information content (AvgIpc) is 2.38. The number of anilines is 1. The van der Waals surface area contributed by atoms with Gasteiger partial charge in [0.1, 0.15) is 0 Å². The van der Waals surface area contributed by atoms with Gasteiger partial charge in [0.2, 0.25) is 0 Å². The van der Waals surface area contributed by atoms with Crippen molar-refractivity contribution >= 4 is 21.6 Å². The van der Waals surface area contributed by atoms with Crippen LogP contribution in [0.5, 0.6) is 0 Å². The van der Waals surface area contributed by atoms with E-state index >= 15 is 0 Å². The molecule has 19 heavy (non-hydrogen) atoms. The lowest BCUT2D eigenvalue weighted by molar-refractivity contribution is 0.199. The highest BCUT2D eigenvalue weighted by Gasteiger charge is 2.23. The molecule has 4 heteroatoms. The van der Waals surface area contributed by atoms with Gasteiger partial charge in [0, 0.05) is 34.9 Å². The Morgan fingerprint density at radius 1 is 1.32 bits per heavy atom. The van der Waals surface area contributed by atoms with Crippen LogP contribution >= 0.6 is 15.9 Å². The highest BCUT2D eigenvalue weighted by atomic mass is 79.9. The third-order valence-corrected chi connectivity index (χ3v) is 4.47. The summed E-state index contributed by atoms with van der Waals surface area (Å²) in [5.74, 6) is 0. The highest BCUT2D eigenvalue weighted by Crippen LogP contribution is 2.31. The van der Waals surface area contributed by atoms with Crippen LogP contribution in [0.25, 0.3) is 0 Å². The van der Waals surface area contributed by atoms with Gasteiger partial charge in [-0.2, -0.15) is 0 Å². The summed E-state index contributed by atoms with van der Waals surface area (Å²) in [6, 6.07) is 6.82. The maximum absolute atomic E-state index is 9.92. The molecule has 1 atom stereocenters. The maximum atomic E-state index is 9.92. The molecule has 1 N–H and O–H groups in total. The Kier molecular flexibility index (Phi) is 4.87. The van der Waals surface area contributed by atoms with E-state index in [1.165, 1.54) is 18.5 Å². The van der Waals surface area contributed by atoms with Crippen molar-refractivity contribution in [1.82, 2.24) is 4.90 Å². The molecule has 2 rings (SSSR count). The molecular formula is C15H23BrN2O. The zero-order valence-electron chi connectivity index (χ0n) is 11.9. The molecule has 1 unspecified atom stereocenters. The number of hydrogen-bond donors (Lipinski definition) is 1. The Balaban J connectivity index is 2.16. The predicted octanol–water partition coefficient (Wildman–Crippen LogP) is 3.03. The molecule has 1 saturated heterocycles. The fourth-order valence-corrected chi connectivity index (χ4v) is 3.12. The molecule has 1 aromatic carbocycles. The molecule has 0 aromatic heterocycles. The van der Waals surface area contributed by atoms with E-state index < -0.39 is 6.10 Å². The lowest BCUT2D eigenvalue weighted by Crippen LogP contribution is -2.42. The SMILES string of the molecule is CC(O)c1ccc(Br)cc1N1CCC(N(C)C)CC1. The van der Waals surface area contributed by atoms with Crippen molar-refractivity contribution in [2.45, 2.75) is 31.9 Å². The number of rotatable bonds is 3. The van der Waals surface area contributed by atoms with E-state index in [1.807, 2.05) is 19.1 Å². The van der Waals surface area contributed by atoms with Crippen LogP contribution in [0, 0.1) is 0 Å². The van der Waals surface area contributed by atoms with Crippen molar-refractivity contribution in [2.75, 3.05) is 32.1 Å². The zero-order valence-corrected chi connectivity index (χ0v) is 13.5. The van der Waals surface area contributed by atoms with Gasteiger partial charge in [-0.05, 0) is 46.0 Å². The van der Waals surface area contributed by atoms with E-state index in [4.69, 9.17) is 0 Å². The van der Waals surface area contributed by atoms with Crippen molar-refractivity contribution in [1.29, 1.82) is 0 Å². The number of benzene rings is 1. The molecule has 1 aliphatic rings. The van der Waals surface area contributed by atoms with Gasteiger partial charge in [-0.1, -0.05) is 22.0 Å². The smallest absolute Gasteiger partial charge is 0.0782 e. The average molecular weight is 327 g/mol. The fraction of sp³-hybridized carbons (Fsp3) is 0.600. The summed E-state index contributed by atoms with van der Waals surface area (Å²) in [6.07, 6.45) is 1.94. The highest BCUT2D eigenvalue weighted by molar-refractivity contribution is 9.10. The standard InChI is InChI=1S/C15H23BrN2O/c1-11(19)14-5-4-12(16)10-15(14)18-8-6-13(7-9-18)17(2)3/h4-5,10-11,13,19H,6-9H2,1-3H3. The summed E-state index contributed by atoms with van der Waals surface area (Å²) >= 11 is 3.53. The van der Waals surface area contributed by atoms with E-state index in [0.29, 0.717) is 6.04 Å². The third kappa shape index (κ3) is 3.50. The molecule has 0 spiro atoms. The van der Waals surface area contributed by atoms with Crippen molar-refractivity contribution < 1.29 is 5.11 Å². The Bertz CT molecular complexity index is 426. The number of nitrogens with zero attached hydrogens (tertiary/aromatic N) is 2. The first-order chi connectivity index (χ1) is 8.99. The molecule has 0 saturated carbocycles. The Morgan fingerprint density at radius 2 is 1.95 bits per heavy atom. The lowest BCUT2D eigenvalue weighted by atomic mass is 10.0. The normalized spacial score (nSPS) is 18.9. The second-order valence-electron chi connectivity index (χ2n) is 5.56. The van der Waals surface area contributed by atoms with E-state index in [0.717, 1.165) is 23.1 Å². The van der Waals surface area contributed by atoms with E-state index in [-0.39, 0.29) is 0 Å². The van der Waals surface area contributed by atoms with Gasteiger partial charge < -0.3 is 14.9 Å². The zero-order chi connectivity index (χ0) is 14.0. The van der Waals surface area contributed by atoms with E-state index in [1.54, 1.807) is 0 Å². The van der Waals surface area contributed by atoms with Gasteiger partial charge in [-0.15, -0.1) is 0 Å². The first kappa shape index (κ1) is 14.8. The van der Waals surface area contributed by atoms with Gasteiger partial charge in [-0.25, -0.2) is 0 Å². The van der Waals surface area contributed by atoms with Crippen LogP contribution in [0.1, 0.15) is 31.4 Å². The second kappa shape index (κ2) is 6.25. The summed E-state index contributed by atoms with van der Waals surface area (Å²) in [5.41, 5.74) is 2.19. The first-order valence-electron chi connectivity index (χ1n) is 6.88. The predicted molar refractivity (Wildman–Crippen MR) is 83.7 cm³/mol.